The summed E-state index contributed by atoms with van der Waals surface area (Å²) in [6.07, 6.45) is -4.43. The molecular weight excluding hydrogens is 357 g/mol. The van der Waals surface area contributed by atoms with Crippen molar-refractivity contribution in [2.75, 3.05) is 0 Å². The van der Waals surface area contributed by atoms with Gasteiger partial charge >= 0.3 is 6.18 Å². The molecule has 5 aromatic carbocycles. The third-order valence-electron chi connectivity index (χ3n) is 5.25. The summed E-state index contributed by atoms with van der Waals surface area (Å²) in [4.78, 5) is 0. The molecule has 0 saturated carbocycles. The predicted molar refractivity (Wildman–Crippen MR) is 109 cm³/mol. The number of fused-ring (bicyclic) bond motifs is 3. The van der Waals surface area contributed by atoms with Gasteiger partial charge in [0.2, 0.25) is 0 Å². The molecule has 0 bridgehead atoms. The lowest BCUT2D eigenvalue weighted by molar-refractivity contribution is -0.135. The Balaban J connectivity index is 1.98. The Morgan fingerprint density at radius 3 is 1.57 bits per heavy atom. The molecule has 0 amide bonds. The summed E-state index contributed by atoms with van der Waals surface area (Å²) in [5, 5.41) is 3.86. The first kappa shape index (κ1) is 16.8. The Morgan fingerprint density at radius 2 is 1.00 bits per heavy atom. The number of benzene rings is 5. The number of hydrogen-bond acceptors (Lipinski definition) is 0. The van der Waals surface area contributed by atoms with E-state index in [4.69, 9.17) is 0 Å². The lowest BCUT2D eigenvalue weighted by Gasteiger charge is -2.19. The molecule has 0 heterocycles. The highest BCUT2D eigenvalue weighted by Crippen LogP contribution is 2.45. The van der Waals surface area contributed by atoms with E-state index < -0.39 is 11.7 Å². The Bertz CT molecular complexity index is 1290. The third-order valence-corrected chi connectivity index (χ3v) is 5.25. The van der Waals surface area contributed by atoms with Gasteiger partial charge in [0, 0.05) is 0 Å². The Kier molecular flexibility index (Phi) is 3.66. The van der Waals surface area contributed by atoms with Crippen LogP contribution in [0.4, 0.5) is 13.2 Å². The summed E-state index contributed by atoms with van der Waals surface area (Å²) in [6, 6.07) is 27.7. The van der Waals surface area contributed by atoms with E-state index in [0.717, 1.165) is 21.9 Å². The molecular formula is C25H15F3. The first-order valence-electron chi connectivity index (χ1n) is 9.04. The Hall–Kier alpha value is -3.33. The second kappa shape index (κ2) is 6.10. The maximum Gasteiger partial charge on any atom is 0.417 e. The molecule has 28 heavy (non-hydrogen) atoms. The fourth-order valence-electron chi connectivity index (χ4n) is 4.09. The zero-order chi connectivity index (χ0) is 19.3. The summed E-state index contributed by atoms with van der Waals surface area (Å²) in [7, 11) is 0. The van der Waals surface area contributed by atoms with E-state index in [1.165, 1.54) is 0 Å². The van der Waals surface area contributed by atoms with Gasteiger partial charge in [-0.2, -0.15) is 13.2 Å². The highest BCUT2D eigenvalue weighted by atomic mass is 19.4. The minimum atomic E-state index is -4.43. The highest BCUT2D eigenvalue weighted by Gasteiger charge is 2.35. The van der Waals surface area contributed by atoms with Gasteiger partial charge in [0.1, 0.15) is 0 Å². The van der Waals surface area contributed by atoms with Crippen LogP contribution in [0.15, 0.2) is 91.0 Å². The molecule has 136 valence electrons. The largest absolute Gasteiger partial charge is 0.417 e. The molecule has 0 aliphatic rings. The molecule has 0 radical (unpaired) electrons. The van der Waals surface area contributed by atoms with Gasteiger partial charge in [-0.1, -0.05) is 84.9 Å². The van der Waals surface area contributed by atoms with E-state index in [1.807, 2.05) is 36.4 Å². The molecule has 0 N–H and O–H groups in total. The van der Waals surface area contributed by atoms with Crippen molar-refractivity contribution in [2.45, 2.75) is 6.18 Å². The van der Waals surface area contributed by atoms with E-state index in [2.05, 4.69) is 6.07 Å². The fraction of sp³-hybridized carbons (Fsp3) is 0.0400. The van der Waals surface area contributed by atoms with Crippen LogP contribution in [0.25, 0.3) is 43.4 Å². The van der Waals surface area contributed by atoms with Gasteiger partial charge in [-0.25, -0.2) is 0 Å². The monoisotopic (exact) mass is 372 g/mol. The molecule has 0 atom stereocenters. The van der Waals surface area contributed by atoms with Gasteiger partial charge < -0.3 is 0 Å². The van der Waals surface area contributed by atoms with Crippen LogP contribution in [0.2, 0.25) is 0 Å². The summed E-state index contributed by atoms with van der Waals surface area (Å²) in [6.45, 7) is 0. The molecule has 3 heteroatoms. The number of rotatable bonds is 1. The van der Waals surface area contributed by atoms with E-state index in [0.29, 0.717) is 10.8 Å². The summed E-state index contributed by atoms with van der Waals surface area (Å²) in [5.74, 6) is 0. The Labute approximate surface area is 159 Å². The second-order valence-electron chi connectivity index (χ2n) is 6.90. The fourth-order valence-corrected chi connectivity index (χ4v) is 4.09. The SMILES string of the molecule is FC(F)(F)c1c2ccccc2c(-c2ccc3ccccc3c2)c2ccccc12. The summed E-state index contributed by atoms with van der Waals surface area (Å²) >= 11 is 0. The van der Waals surface area contributed by atoms with Gasteiger partial charge in [0.15, 0.2) is 0 Å². The van der Waals surface area contributed by atoms with Gasteiger partial charge in [0.05, 0.1) is 5.56 Å². The van der Waals surface area contributed by atoms with Crippen LogP contribution in [-0.4, -0.2) is 0 Å². The maximum atomic E-state index is 14.0. The van der Waals surface area contributed by atoms with E-state index in [1.54, 1.807) is 48.5 Å². The van der Waals surface area contributed by atoms with Crippen LogP contribution in [0.1, 0.15) is 5.56 Å². The molecule has 5 aromatic rings. The first-order valence-corrected chi connectivity index (χ1v) is 9.04. The molecule has 0 nitrogen and oxygen atoms in total. The van der Waals surface area contributed by atoms with E-state index >= 15 is 0 Å². The maximum absolute atomic E-state index is 14.0. The van der Waals surface area contributed by atoms with E-state index in [-0.39, 0.29) is 10.8 Å². The molecule has 0 unspecified atom stereocenters. The summed E-state index contributed by atoms with van der Waals surface area (Å²) < 4.78 is 42.0. The van der Waals surface area contributed by atoms with Crippen molar-refractivity contribution in [2.24, 2.45) is 0 Å². The van der Waals surface area contributed by atoms with Crippen LogP contribution >= 0.6 is 0 Å². The van der Waals surface area contributed by atoms with E-state index in [9.17, 15) is 13.2 Å². The average Bonchev–Trinajstić information content (AvgIpc) is 2.70. The van der Waals surface area contributed by atoms with Crippen LogP contribution in [0, 0.1) is 0 Å². The van der Waals surface area contributed by atoms with Crippen molar-refractivity contribution in [3.8, 4) is 11.1 Å². The standard InChI is InChI=1S/C25H15F3/c26-25(27,28)24-21-11-5-3-9-19(21)23(20-10-4-6-12-22(20)24)18-14-13-16-7-1-2-8-17(16)15-18/h1-15H. The van der Waals surface area contributed by atoms with Gasteiger partial charge in [-0.05, 0) is 49.5 Å². The van der Waals surface area contributed by atoms with Crippen molar-refractivity contribution >= 4 is 32.3 Å². The van der Waals surface area contributed by atoms with Gasteiger partial charge in [-0.3, -0.25) is 0 Å². The predicted octanol–water partition coefficient (Wildman–Crippen LogP) is 7.83. The number of halogens is 3. The van der Waals surface area contributed by atoms with Crippen LogP contribution in [-0.2, 0) is 6.18 Å². The lowest BCUT2D eigenvalue weighted by atomic mass is 9.87. The molecule has 0 aliphatic heterocycles. The molecule has 5 rings (SSSR count). The van der Waals surface area contributed by atoms with Crippen LogP contribution < -0.4 is 0 Å². The quantitative estimate of drug-likeness (QED) is 0.263. The van der Waals surface area contributed by atoms with Crippen molar-refractivity contribution in [1.29, 1.82) is 0 Å². The van der Waals surface area contributed by atoms with Crippen molar-refractivity contribution in [1.82, 2.24) is 0 Å². The van der Waals surface area contributed by atoms with Crippen LogP contribution in [0.3, 0.4) is 0 Å². The second-order valence-corrected chi connectivity index (χ2v) is 6.90. The zero-order valence-corrected chi connectivity index (χ0v) is 14.8. The Morgan fingerprint density at radius 1 is 0.500 bits per heavy atom. The molecule has 0 saturated heterocycles. The number of alkyl halides is 3. The van der Waals surface area contributed by atoms with Crippen molar-refractivity contribution < 1.29 is 13.2 Å². The average molecular weight is 372 g/mol. The van der Waals surface area contributed by atoms with Crippen molar-refractivity contribution in [3.05, 3.63) is 96.6 Å². The smallest absolute Gasteiger partial charge is 0.166 e. The highest BCUT2D eigenvalue weighted by molar-refractivity contribution is 6.15. The third kappa shape index (κ3) is 2.55. The van der Waals surface area contributed by atoms with Crippen molar-refractivity contribution in [3.63, 3.8) is 0 Å². The molecule has 0 fully saturated rings. The normalized spacial score (nSPS) is 12.1. The van der Waals surface area contributed by atoms with Gasteiger partial charge in [-0.15, -0.1) is 0 Å². The molecule has 0 aliphatic carbocycles. The molecule has 0 spiro atoms. The minimum Gasteiger partial charge on any atom is -0.166 e. The minimum absolute atomic E-state index is 0.233. The summed E-state index contributed by atoms with van der Waals surface area (Å²) in [5.41, 5.74) is 1.19. The van der Waals surface area contributed by atoms with Crippen LogP contribution in [0.5, 0.6) is 0 Å². The topological polar surface area (TPSA) is 0 Å². The molecule has 0 aromatic heterocycles. The first-order chi connectivity index (χ1) is 13.5. The zero-order valence-electron chi connectivity index (χ0n) is 14.8. The van der Waals surface area contributed by atoms with Gasteiger partial charge in [0.25, 0.3) is 0 Å². The lowest BCUT2D eigenvalue weighted by Crippen LogP contribution is -2.07. The number of hydrogen-bond donors (Lipinski definition) is 0.